The third kappa shape index (κ3) is 4.06. The number of thiazole rings is 1. The molecule has 132 valence electrons. The van der Waals surface area contributed by atoms with Crippen LogP contribution in [-0.4, -0.2) is 24.7 Å². The second kappa shape index (κ2) is 8.06. The third-order valence-electron chi connectivity index (χ3n) is 4.03. The molecule has 2 aromatic carbocycles. The van der Waals surface area contributed by atoms with Gasteiger partial charge in [-0.05, 0) is 23.8 Å². The molecule has 4 rings (SSSR count). The van der Waals surface area contributed by atoms with Gasteiger partial charge in [-0.15, -0.1) is 11.3 Å². The van der Waals surface area contributed by atoms with Gasteiger partial charge in [0.2, 0.25) is 0 Å². The van der Waals surface area contributed by atoms with E-state index in [0.717, 1.165) is 40.9 Å². The van der Waals surface area contributed by atoms with Crippen LogP contribution in [0.25, 0.3) is 17.3 Å². The van der Waals surface area contributed by atoms with Gasteiger partial charge in [0, 0.05) is 23.9 Å². The van der Waals surface area contributed by atoms with E-state index in [1.54, 1.807) is 11.3 Å². The molecule has 1 aliphatic heterocycles. The summed E-state index contributed by atoms with van der Waals surface area (Å²) < 4.78 is 11.4. The summed E-state index contributed by atoms with van der Waals surface area (Å²) in [6, 6.07) is 16.3. The molecule has 0 aliphatic carbocycles. The molecule has 5 heteroatoms. The largest absolute Gasteiger partial charge is 0.490 e. The van der Waals surface area contributed by atoms with Gasteiger partial charge in [-0.3, -0.25) is 0 Å². The molecule has 1 N–H and O–H groups in total. The lowest BCUT2D eigenvalue weighted by atomic mass is 10.1. The van der Waals surface area contributed by atoms with E-state index in [4.69, 9.17) is 9.47 Å². The molecule has 4 nitrogen and oxygen atoms in total. The highest BCUT2D eigenvalue weighted by atomic mass is 32.1. The Morgan fingerprint density at radius 1 is 1.04 bits per heavy atom. The Bertz CT molecular complexity index is 890. The van der Waals surface area contributed by atoms with Crippen molar-refractivity contribution < 1.29 is 9.47 Å². The van der Waals surface area contributed by atoms with E-state index in [-0.39, 0.29) is 0 Å². The number of nitrogens with one attached hydrogen (secondary N) is 1. The molecule has 0 saturated heterocycles. The average Bonchev–Trinajstić information content (AvgIpc) is 3.03. The van der Waals surface area contributed by atoms with E-state index in [1.807, 2.05) is 36.4 Å². The van der Waals surface area contributed by atoms with Gasteiger partial charge in [0.05, 0.1) is 18.9 Å². The quantitative estimate of drug-likeness (QED) is 0.684. The fourth-order valence-electron chi connectivity index (χ4n) is 2.72. The van der Waals surface area contributed by atoms with Crippen LogP contribution in [0, 0.1) is 0 Å². The second-order valence-electron chi connectivity index (χ2n) is 5.94. The van der Waals surface area contributed by atoms with E-state index < -0.39 is 0 Å². The monoisotopic (exact) mass is 364 g/mol. The van der Waals surface area contributed by atoms with Crippen molar-refractivity contribution in [2.24, 2.45) is 0 Å². The fraction of sp³-hybridized carbons (Fsp3) is 0.190. The Morgan fingerprint density at radius 3 is 2.77 bits per heavy atom. The topological polar surface area (TPSA) is 43.4 Å². The summed E-state index contributed by atoms with van der Waals surface area (Å²) in [4.78, 5) is 4.67. The van der Waals surface area contributed by atoms with Crippen LogP contribution in [0.5, 0.6) is 11.5 Å². The number of ether oxygens (including phenoxy) is 2. The molecule has 1 aliphatic rings. The molecule has 0 radical (unpaired) electrons. The van der Waals surface area contributed by atoms with Crippen LogP contribution in [0.2, 0.25) is 0 Å². The van der Waals surface area contributed by atoms with Gasteiger partial charge in [-0.2, -0.15) is 0 Å². The first kappa shape index (κ1) is 16.7. The molecule has 0 saturated carbocycles. The summed E-state index contributed by atoms with van der Waals surface area (Å²) in [5, 5.41) is 6.31. The van der Waals surface area contributed by atoms with E-state index in [9.17, 15) is 0 Å². The predicted molar refractivity (Wildman–Crippen MR) is 107 cm³/mol. The molecule has 0 atom stereocenters. The van der Waals surface area contributed by atoms with E-state index in [1.165, 1.54) is 5.56 Å². The van der Waals surface area contributed by atoms with Crippen molar-refractivity contribution in [1.29, 1.82) is 0 Å². The first-order chi connectivity index (χ1) is 12.9. The lowest BCUT2D eigenvalue weighted by Gasteiger charge is -2.08. The summed E-state index contributed by atoms with van der Waals surface area (Å²) >= 11 is 1.60. The molecule has 3 aromatic rings. The standard InChI is InChI=1S/C21H20N2O2S/c1-2-6-16(7-3-1)8-4-11-22-21-23-18(15-26-21)17-9-10-19-20(14-17)25-13-5-12-24-19/h1-4,6-10,14-15H,5,11-13H2,(H,22,23)/b8-4+. The van der Waals surface area contributed by atoms with Crippen LogP contribution in [0.3, 0.4) is 0 Å². The smallest absolute Gasteiger partial charge is 0.183 e. The summed E-state index contributed by atoms with van der Waals surface area (Å²) in [5.74, 6) is 1.61. The zero-order chi connectivity index (χ0) is 17.6. The first-order valence-electron chi connectivity index (χ1n) is 8.69. The van der Waals surface area contributed by atoms with E-state index in [2.05, 4.69) is 40.0 Å². The Kier molecular flexibility index (Phi) is 5.17. The molecule has 26 heavy (non-hydrogen) atoms. The minimum absolute atomic E-state index is 0.689. The minimum atomic E-state index is 0.689. The van der Waals surface area contributed by atoms with Crippen molar-refractivity contribution in [2.75, 3.05) is 25.1 Å². The number of anilines is 1. The van der Waals surface area contributed by atoms with Crippen molar-refractivity contribution in [1.82, 2.24) is 4.98 Å². The number of nitrogens with zero attached hydrogens (tertiary/aromatic N) is 1. The van der Waals surface area contributed by atoms with Crippen molar-refractivity contribution in [3.05, 3.63) is 65.6 Å². The number of fused-ring (bicyclic) bond motifs is 1. The van der Waals surface area contributed by atoms with Crippen LogP contribution in [-0.2, 0) is 0 Å². The lowest BCUT2D eigenvalue weighted by molar-refractivity contribution is 0.297. The van der Waals surface area contributed by atoms with Crippen LogP contribution >= 0.6 is 11.3 Å². The maximum absolute atomic E-state index is 5.76. The van der Waals surface area contributed by atoms with Gasteiger partial charge in [0.1, 0.15) is 0 Å². The average molecular weight is 364 g/mol. The lowest BCUT2D eigenvalue weighted by Crippen LogP contribution is -1.97. The SMILES string of the molecule is C(=C\c1ccccc1)/CNc1nc(-c2ccc3c(c2)OCCCO3)cs1. The van der Waals surface area contributed by atoms with Crippen LogP contribution in [0.1, 0.15) is 12.0 Å². The molecule has 0 bridgehead atoms. The molecular formula is C21H20N2O2S. The maximum atomic E-state index is 5.76. The van der Waals surface area contributed by atoms with Gasteiger partial charge >= 0.3 is 0 Å². The number of hydrogen-bond donors (Lipinski definition) is 1. The highest BCUT2D eigenvalue weighted by molar-refractivity contribution is 7.14. The highest BCUT2D eigenvalue weighted by Crippen LogP contribution is 2.35. The van der Waals surface area contributed by atoms with Crippen molar-refractivity contribution >= 4 is 22.5 Å². The Morgan fingerprint density at radius 2 is 1.88 bits per heavy atom. The number of hydrogen-bond acceptors (Lipinski definition) is 5. The fourth-order valence-corrected chi connectivity index (χ4v) is 3.45. The van der Waals surface area contributed by atoms with Crippen molar-refractivity contribution in [2.45, 2.75) is 6.42 Å². The highest BCUT2D eigenvalue weighted by Gasteiger charge is 2.12. The van der Waals surface area contributed by atoms with Crippen LogP contribution < -0.4 is 14.8 Å². The van der Waals surface area contributed by atoms with E-state index >= 15 is 0 Å². The third-order valence-corrected chi connectivity index (χ3v) is 4.83. The summed E-state index contributed by atoms with van der Waals surface area (Å²) in [7, 11) is 0. The van der Waals surface area contributed by atoms with Gasteiger partial charge in [-0.1, -0.05) is 42.5 Å². The zero-order valence-electron chi connectivity index (χ0n) is 14.4. The Balaban J connectivity index is 1.40. The van der Waals surface area contributed by atoms with Crippen LogP contribution in [0.4, 0.5) is 5.13 Å². The maximum Gasteiger partial charge on any atom is 0.183 e. The second-order valence-corrected chi connectivity index (χ2v) is 6.80. The Hall–Kier alpha value is -2.79. The minimum Gasteiger partial charge on any atom is -0.490 e. The Labute approximate surface area is 157 Å². The number of benzene rings is 2. The van der Waals surface area contributed by atoms with Gasteiger partial charge in [-0.25, -0.2) is 4.98 Å². The molecular weight excluding hydrogens is 344 g/mol. The van der Waals surface area contributed by atoms with Crippen molar-refractivity contribution in [3.63, 3.8) is 0 Å². The van der Waals surface area contributed by atoms with Gasteiger partial charge < -0.3 is 14.8 Å². The normalized spacial score (nSPS) is 13.5. The molecule has 1 aromatic heterocycles. The zero-order valence-corrected chi connectivity index (χ0v) is 15.2. The number of aromatic nitrogens is 1. The summed E-state index contributed by atoms with van der Waals surface area (Å²) in [5.41, 5.74) is 3.18. The van der Waals surface area contributed by atoms with Gasteiger partial charge in [0.15, 0.2) is 16.6 Å². The molecule has 0 unspecified atom stereocenters. The van der Waals surface area contributed by atoms with Crippen LogP contribution in [0.15, 0.2) is 60.0 Å². The molecule has 0 fully saturated rings. The molecule has 0 amide bonds. The van der Waals surface area contributed by atoms with Crippen molar-refractivity contribution in [3.8, 4) is 22.8 Å². The van der Waals surface area contributed by atoms with Gasteiger partial charge in [0.25, 0.3) is 0 Å². The molecule has 2 heterocycles. The summed E-state index contributed by atoms with van der Waals surface area (Å²) in [6.45, 7) is 2.13. The predicted octanol–water partition coefficient (Wildman–Crippen LogP) is 5.10. The molecule has 0 spiro atoms. The first-order valence-corrected chi connectivity index (χ1v) is 9.57. The number of rotatable bonds is 5. The van der Waals surface area contributed by atoms with E-state index in [0.29, 0.717) is 13.2 Å². The summed E-state index contributed by atoms with van der Waals surface area (Å²) in [6.07, 6.45) is 5.11.